The number of rotatable bonds is 4. The largest absolute Gasteiger partial charge is 0.383 e. The van der Waals surface area contributed by atoms with Crippen molar-refractivity contribution in [3.8, 4) is 0 Å². The molecule has 0 radical (unpaired) electrons. The fourth-order valence-electron chi connectivity index (χ4n) is 1.34. The molecule has 0 fully saturated rings. The zero-order chi connectivity index (χ0) is 10.6. The first-order valence-electron chi connectivity index (χ1n) is 4.46. The number of benzene rings is 1. The molecular weight excluding hydrogens is 213 g/mol. The predicted molar refractivity (Wildman–Crippen MR) is 67.5 cm³/mol. The maximum Gasteiger partial charge on any atom is 0.111 e. The third-order valence-electron chi connectivity index (χ3n) is 2.18. The predicted octanol–water partition coefficient (Wildman–Crippen LogP) is 0.524. The number of thiol groups is 1. The highest BCUT2D eigenvalue weighted by molar-refractivity contribution is 7.80. The van der Waals surface area contributed by atoms with Gasteiger partial charge in [-0.05, 0) is 17.9 Å². The van der Waals surface area contributed by atoms with Crippen LogP contribution in [0.3, 0.4) is 0 Å². The van der Waals surface area contributed by atoms with E-state index < -0.39 is 5.60 Å². The van der Waals surface area contributed by atoms with E-state index in [4.69, 9.17) is 0 Å². The Hall–Kier alpha value is -0.0800. The highest BCUT2D eigenvalue weighted by atomic mass is 32.1. The highest BCUT2D eigenvalue weighted by Gasteiger charge is 2.26. The van der Waals surface area contributed by atoms with Crippen LogP contribution in [0.25, 0.3) is 0 Å². The Bertz CT molecular complexity index is 291. The number of hydrogen-bond donors (Lipinski definition) is 3. The van der Waals surface area contributed by atoms with Gasteiger partial charge < -0.3 is 10.4 Å². The summed E-state index contributed by atoms with van der Waals surface area (Å²) in [5.41, 5.74) is 0.0176. The quantitative estimate of drug-likeness (QED) is 0.519. The highest BCUT2D eigenvalue weighted by Crippen LogP contribution is 2.21. The molecule has 0 bridgehead atoms. The van der Waals surface area contributed by atoms with Crippen LogP contribution in [0.15, 0.2) is 24.3 Å². The molecule has 0 amide bonds. The minimum atomic E-state index is -0.879. The van der Waals surface area contributed by atoms with Gasteiger partial charge in [0.25, 0.3) is 0 Å². The van der Waals surface area contributed by atoms with Gasteiger partial charge in [0.2, 0.25) is 0 Å². The van der Waals surface area contributed by atoms with Crippen molar-refractivity contribution in [2.24, 2.45) is 0 Å². The normalized spacial score (nSPS) is 15.1. The summed E-state index contributed by atoms with van der Waals surface area (Å²) in [4.78, 5) is 0. The fourth-order valence-corrected chi connectivity index (χ4v) is 1.82. The maximum atomic E-state index is 10.2. The molecule has 2 nitrogen and oxygen atoms in total. The summed E-state index contributed by atoms with van der Waals surface area (Å²) in [5, 5.41) is 14.3. The molecular formula is C10H16NOPS. The molecule has 0 heterocycles. The molecule has 0 aliphatic carbocycles. The first-order valence-corrected chi connectivity index (χ1v) is 5.67. The van der Waals surface area contributed by atoms with E-state index in [1.807, 2.05) is 31.3 Å². The lowest BCUT2D eigenvalue weighted by Crippen LogP contribution is -2.38. The van der Waals surface area contributed by atoms with Crippen LogP contribution in [0.1, 0.15) is 5.56 Å². The number of aliphatic hydroxyl groups is 1. The Morgan fingerprint density at radius 2 is 2.00 bits per heavy atom. The van der Waals surface area contributed by atoms with Crippen molar-refractivity contribution in [3.05, 3.63) is 29.8 Å². The molecule has 2 atom stereocenters. The molecule has 0 saturated carbocycles. The molecule has 1 rings (SSSR count). The Kier molecular flexibility index (Phi) is 4.39. The van der Waals surface area contributed by atoms with E-state index in [2.05, 4.69) is 27.2 Å². The molecule has 14 heavy (non-hydrogen) atoms. The van der Waals surface area contributed by atoms with Crippen LogP contribution in [-0.4, -0.2) is 24.5 Å². The lowest BCUT2D eigenvalue weighted by molar-refractivity contribution is 0.0648. The van der Waals surface area contributed by atoms with Crippen LogP contribution < -0.4 is 10.6 Å². The second kappa shape index (κ2) is 5.13. The molecule has 2 unspecified atom stereocenters. The molecule has 0 aliphatic rings. The molecule has 0 saturated heterocycles. The second-order valence-corrected chi connectivity index (χ2v) is 4.32. The average Bonchev–Trinajstić information content (AvgIpc) is 2.19. The van der Waals surface area contributed by atoms with E-state index in [0.29, 0.717) is 12.3 Å². The van der Waals surface area contributed by atoms with E-state index in [9.17, 15) is 5.11 Å². The average molecular weight is 229 g/mol. The van der Waals surface area contributed by atoms with Gasteiger partial charge in [0.1, 0.15) is 5.60 Å². The second-order valence-electron chi connectivity index (χ2n) is 3.34. The summed E-state index contributed by atoms with van der Waals surface area (Å²) < 4.78 is 0. The van der Waals surface area contributed by atoms with Gasteiger partial charge in [0.05, 0.1) is 0 Å². The van der Waals surface area contributed by atoms with Crippen LogP contribution in [-0.2, 0) is 5.60 Å². The van der Waals surface area contributed by atoms with E-state index in [1.54, 1.807) is 0 Å². The van der Waals surface area contributed by atoms with Crippen LogP contribution in [0.4, 0.5) is 0 Å². The Balaban J connectivity index is 2.94. The van der Waals surface area contributed by atoms with Crippen molar-refractivity contribution in [2.75, 3.05) is 19.3 Å². The number of likely N-dealkylation sites (N-methyl/N-ethyl adjacent to an activating group) is 1. The smallest absolute Gasteiger partial charge is 0.111 e. The maximum absolute atomic E-state index is 10.2. The fraction of sp³-hybridized carbons (Fsp3) is 0.400. The van der Waals surface area contributed by atoms with Gasteiger partial charge in [-0.2, -0.15) is 12.6 Å². The van der Waals surface area contributed by atoms with Crippen LogP contribution in [0.2, 0.25) is 0 Å². The van der Waals surface area contributed by atoms with Gasteiger partial charge in [-0.15, -0.1) is 9.24 Å². The molecule has 0 aliphatic heterocycles. The zero-order valence-electron chi connectivity index (χ0n) is 8.20. The van der Waals surface area contributed by atoms with Crippen molar-refractivity contribution < 1.29 is 5.11 Å². The third kappa shape index (κ3) is 2.71. The minimum Gasteiger partial charge on any atom is -0.383 e. The standard InChI is InChI=1S/C10H16NOPS/c1-11-6-10(12,7-14)8-2-4-9(13)5-3-8/h2-5,11-12,14H,6-7,13H2,1H3. The lowest BCUT2D eigenvalue weighted by Gasteiger charge is -2.26. The first-order chi connectivity index (χ1) is 6.62. The first kappa shape index (κ1) is 12.0. The van der Waals surface area contributed by atoms with Crippen molar-refractivity contribution in [1.29, 1.82) is 0 Å². The lowest BCUT2D eigenvalue weighted by atomic mass is 9.96. The summed E-state index contributed by atoms with van der Waals surface area (Å²) in [6, 6.07) is 7.78. The van der Waals surface area contributed by atoms with Gasteiger partial charge in [0, 0.05) is 12.3 Å². The molecule has 78 valence electrons. The SMILES string of the molecule is CNCC(O)(CS)c1ccc(P)cc1. The van der Waals surface area contributed by atoms with Crippen molar-refractivity contribution in [3.63, 3.8) is 0 Å². The van der Waals surface area contributed by atoms with Gasteiger partial charge in [-0.25, -0.2) is 0 Å². The topological polar surface area (TPSA) is 32.3 Å². The van der Waals surface area contributed by atoms with E-state index in [0.717, 1.165) is 10.9 Å². The van der Waals surface area contributed by atoms with E-state index in [1.165, 1.54) is 0 Å². The Labute approximate surface area is 92.7 Å². The van der Waals surface area contributed by atoms with Crippen LogP contribution in [0.5, 0.6) is 0 Å². The van der Waals surface area contributed by atoms with Gasteiger partial charge in [0.15, 0.2) is 0 Å². The molecule has 0 aromatic heterocycles. The van der Waals surface area contributed by atoms with Gasteiger partial charge >= 0.3 is 0 Å². The number of nitrogens with one attached hydrogen (secondary N) is 1. The van der Waals surface area contributed by atoms with Crippen LogP contribution >= 0.6 is 21.9 Å². The van der Waals surface area contributed by atoms with Crippen LogP contribution in [0, 0.1) is 0 Å². The minimum absolute atomic E-state index is 0.407. The summed E-state index contributed by atoms with van der Waals surface area (Å²) in [6.07, 6.45) is 0. The van der Waals surface area contributed by atoms with Crippen molar-refractivity contribution >= 4 is 27.2 Å². The molecule has 2 N–H and O–H groups in total. The number of hydrogen-bond acceptors (Lipinski definition) is 3. The molecule has 0 spiro atoms. The molecule has 4 heteroatoms. The van der Waals surface area contributed by atoms with Gasteiger partial charge in [-0.1, -0.05) is 24.3 Å². The van der Waals surface area contributed by atoms with Crippen molar-refractivity contribution in [1.82, 2.24) is 5.32 Å². The van der Waals surface area contributed by atoms with E-state index in [-0.39, 0.29) is 0 Å². The zero-order valence-corrected chi connectivity index (χ0v) is 10.2. The summed E-state index contributed by atoms with van der Waals surface area (Å²) in [5.74, 6) is 0.407. The van der Waals surface area contributed by atoms with Gasteiger partial charge in [-0.3, -0.25) is 0 Å². The summed E-state index contributed by atoms with van der Waals surface area (Å²) in [6.45, 7) is 0.507. The summed E-state index contributed by atoms with van der Waals surface area (Å²) in [7, 11) is 4.44. The van der Waals surface area contributed by atoms with Crippen molar-refractivity contribution in [2.45, 2.75) is 5.60 Å². The molecule has 1 aromatic rings. The molecule has 1 aromatic carbocycles. The van der Waals surface area contributed by atoms with E-state index >= 15 is 0 Å². The summed E-state index contributed by atoms with van der Waals surface area (Å²) >= 11 is 4.18. The Morgan fingerprint density at radius 1 is 1.43 bits per heavy atom. The monoisotopic (exact) mass is 229 g/mol. The Morgan fingerprint density at radius 3 is 2.43 bits per heavy atom. The third-order valence-corrected chi connectivity index (χ3v) is 3.09.